The van der Waals surface area contributed by atoms with E-state index in [1.165, 1.54) is 5.56 Å². The number of sulfonamides is 1. The van der Waals surface area contributed by atoms with Crippen LogP contribution >= 0.6 is 0 Å². The van der Waals surface area contributed by atoms with Gasteiger partial charge in [0.2, 0.25) is 10.0 Å². The molecule has 1 amide bonds. The van der Waals surface area contributed by atoms with E-state index in [4.69, 9.17) is 0 Å². The molecule has 0 fully saturated rings. The van der Waals surface area contributed by atoms with Crippen LogP contribution in [0.3, 0.4) is 0 Å². The first-order valence-electron chi connectivity index (χ1n) is 8.95. The summed E-state index contributed by atoms with van der Waals surface area (Å²) in [7, 11) is -3.33. The summed E-state index contributed by atoms with van der Waals surface area (Å²) in [5.41, 5.74) is 3.40. The summed E-state index contributed by atoms with van der Waals surface area (Å²) in [6.07, 6.45) is 2.25. The molecule has 0 atom stereocenters. The Kier molecular flexibility index (Phi) is 5.61. The van der Waals surface area contributed by atoms with Crippen molar-refractivity contribution in [3.05, 3.63) is 65.2 Å². The fourth-order valence-electron chi connectivity index (χ4n) is 3.12. The number of fused-ring (bicyclic) bond motifs is 1. The van der Waals surface area contributed by atoms with Gasteiger partial charge in [-0.1, -0.05) is 37.6 Å². The maximum Gasteiger partial charge on any atom is 0.254 e. The molecule has 0 unspecified atom stereocenters. The van der Waals surface area contributed by atoms with Gasteiger partial charge in [0.25, 0.3) is 5.91 Å². The molecule has 5 nitrogen and oxygen atoms in total. The van der Waals surface area contributed by atoms with E-state index in [9.17, 15) is 13.2 Å². The Morgan fingerprint density at radius 1 is 1.12 bits per heavy atom. The second-order valence-electron chi connectivity index (χ2n) is 6.60. The van der Waals surface area contributed by atoms with Gasteiger partial charge in [-0.05, 0) is 48.2 Å². The lowest BCUT2D eigenvalue weighted by Crippen LogP contribution is -2.36. The number of carbonyl (C=O) groups is 1. The van der Waals surface area contributed by atoms with Crippen LogP contribution < -0.4 is 4.72 Å². The lowest BCUT2D eigenvalue weighted by molar-refractivity contribution is 0.0734. The Hall–Kier alpha value is -2.34. The van der Waals surface area contributed by atoms with E-state index in [0.717, 1.165) is 18.4 Å². The van der Waals surface area contributed by atoms with Crippen LogP contribution in [0.1, 0.15) is 41.3 Å². The van der Waals surface area contributed by atoms with Crippen molar-refractivity contribution in [2.45, 2.75) is 32.7 Å². The van der Waals surface area contributed by atoms with Crippen molar-refractivity contribution in [2.24, 2.45) is 0 Å². The third-order valence-corrected chi connectivity index (χ3v) is 5.94. The van der Waals surface area contributed by atoms with Gasteiger partial charge in [0.15, 0.2) is 0 Å². The number of rotatable bonds is 6. The SMILES string of the molecule is CCCCS(=O)(=O)Nc1ccc2c(c1)CN(C(=O)c1ccccc1)CC2. The normalized spacial score (nSPS) is 14.0. The van der Waals surface area contributed by atoms with Crippen LogP contribution in [0.2, 0.25) is 0 Å². The maximum atomic E-state index is 12.7. The van der Waals surface area contributed by atoms with Gasteiger partial charge in [-0.3, -0.25) is 9.52 Å². The maximum absolute atomic E-state index is 12.7. The molecule has 26 heavy (non-hydrogen) atoms. The molecule has 0 saturated heterocycles. The summed E-state index contributed by atoms with van der Waals surface area (Å²) in [6.45, 7) is 3.13. The molecule has 0 bridgehead atoms. The minimum Gasteiger partial charge on any atom is -0.334 e. The summed E-state index contributed by atoms with van der Waals surface area (Å²) in [5.74, 6) is 0.129. The third-order valence-electron chi connectivity index (χ3n) is 4.57. The number of amides is 1. The van der Waals surface area contributed by atoms with Gasteiger partial charge in [0.1, 0.15) is 0 Å². The summed E-state index contributed by atoms with van der Waals surface area (Å²) >= 11 is 0. The van der Waals surface area contributed by atoms with Gasteiger partial charge in [-0.2, -0.15) is 0 Å². The van der Waals surface area contributed by atoms with Crippen molar-refractivity contribution in [3.63, 3.8) is 0 Å². The van der Waals surface area contributed by atoms with E-state index in [1.807, 2.05) is 54.3 Å². The van der Waals surface area contributed by atoms with Crippen LogP contribution in [0.5, 0.6) is 0 Å². The highest BCUT2D eigenvalue weighted by atomic mass is 32.2. The van der Waals surface area contributed by atoms with Crippen molar-refractivity contribution < 1.29 is 13.2 Å². The molecular formula is C20H24N2O3S. The minimum absolute atomic E-state index is 0.00480. The second-order valence-corrected chi connectivity index (χ2v) is 8.44. The van der Waals surface area contributed by atoms with Crippen molar-refractivity contribution in [1.82, 2.24) is 4.90 Å². The zero-order valence-electron chi connectivity index (χ0n) is 14.9. The fraction of sp³-hybridized carbons (Fsp3) is 0.350. The van der Waals surface area contributed by atoms with E-state index < -0.39 is 10.0 Å². The van der Waals surface area contributed by atoms with Crippen LogP contribution in [0.25, 0.3) is 0 Å². The number of hydrogen-bond acceptors (Lipinski definition) is 3. The van der Waals surface area contributed by atoms with Crippen LogP contribution in [0, 0.1) is 0 Å². The number of benzene rings is 2. The molecule has 6 heteroatoms. The van der Waals surface area contributed by atoms with Crippen molar-refractivity contribution in [1.29, 1.82) is 0 Å². The first-order valence-corrected chi connectivity index (χ1v) is 10.6. The molecule has 138 valence electrons. The minimum atomic E-state index is -3.33. The van der Waals surface area contributed by atoms with Crippen molar-refractivity contribution in [3.8, 4) is 0 Å². The van der Waals surface area contributed by atoms with Gasteiger partial charge >= 0.3 is 0 Å². The number of unbranched alkanes of at least 4 members (excludes halogenated alkanes) is 1. The van der Waals surface area contributed by atoms with Crippen molar-refractivity contribution >= 4 is 21.6 Å². The Morgan fingerprint density at radius 2 is 1.88 bits per heavy atom. The topological polar surface area (TPSA) is 66.5 Å². The predicted octanol–water partition coefficient (Wildman–Crippen LogP) is 3.43. The van der Waals surface area contributed by atoms with E-state index in [-0.39, 0.29) is 11.7 Å². The predicted molar refractivity (Wildman–Crippen MR) is 104 cm³/mol. The van der Waals surface area contributed by atoms with E-state index >= 15 is 0 Å². The average molecular weight is 372 g/mol. The Bertz CT molecular complexity index is 879. The third kappa shape index (κ3) is 4.43. The molecule has 0 spiro atoms. The van der Waals surface area contributed by atoms with E-state index in [1.54, 1.807) is 6.07 Å². The second kappa shape index (κ2) is 7.91. The zero-order valence-corrected chi connectivity index (χ0v) is 15.8. The van der Waals surface area contributed by atoms with Gasteiger partial charge in [0, 0.05) is 24.3 Å². The van der Waals surface area contributed by atoms with Gasteiger partial charge in [0.05, 0.1) is 5.75 Å². The Balaban J connectivity index is 1.75. The van der Waals surface area contributed by atoms with E-state index in [0.29, 0.717) is 30.8 Å². The lowest BCUT2D eigenvalue weighted by atomic mass is 9.98. The van der Waals surface area contributed by atoms with Gasteiger partial charge in [-0.15, -0.1) is 0 Å². The summed E-state index contributed by atoms with van der Waals surface area (Å²) in [5, 5.41) is 0. The summed E-state index contributed by atoms with van der Waals surface area (Å²) in [6, 6.07) is 14.8. The standard InChI is InChI=1S/C20H24N2O3S/c1-2-3-13-26(24,25)21-19-10-9-16-11-12-22(15-18(16)14-19)20(23)17-7-5-4-6-8-17/h4-10,14,21H,2-3,11-13,15H2,1H3. The number of anilines is 1. The molecule has 0 radical (unpaired) electrons. The fourth-order valence-corrected chi connectivity index (χ4v) is 4.38. The molecule has 0 saturated carbocycles. The van der Waals surface area contributed by atoms with Crippen LogP contribution in [-0.2, 0) is 23.0 Å². The molecule has 1 aliphatic rings. The number of nitrogens with zero attached hydrogens (tertiary/aromatic N) is 1. The van der Waals surface area contributed by atoms with Gasteiger partial charge < -0.3 is 4.90 Å². The molecule has 0 aromatic heterocycles. The molecule has 2 aromatic carbocycles. The van der Waals surface area contributed by atoms with Crippen molar-refractivity contribution in [2.75, 3.05) is 17.0 Å². The van der Waals surface area contributed by atoms with Crippen LogP contribution in [-0.4, -0.2) is 31.5 Å². The first-order chi connectivity index (χ1) is 12.5. The summed E-state index contributed by atoms with van der Waals surface area (Å²) < 4.78 is 26.9. The molecular weight excluding hydrogens is 348 g/mol. The molecule has 1 aliphatic heterocycles. The van der Waals surface area contributed by atoms with E-state index in [2.05, 4.69) is 4.72 Å². The highest BCUT2D eigenvalue weighted by Gasteiger charge is 2.22. The quantitative estimate of drug-likeness (QED) is 0.845. The first kappa shape index (κ1) is 18.5. The van der Waals surface area contributed by atoms with Crippen LogP contribution in [0.4, 0.5) is 5.69 Å². The number of carbonyl (C=O) groups excluding carboxylic acids is 1. The molecule has 3 rings (SSSR count). The largest absolute Gasteiger partial charge is 0.334 e. The number of nitrogens with one attached hydrogen (secondary N) is 1. The highest BCUT2D eigenvalue weighted by Crippen LogP contribution is 2.24. The lowest BCUT2D eigenvalue weighted by Gasteiger charge is -2.29. The Labute approximate surface area is 155 Å². The Morgan fingerprint density at radius 3 is 2.62 bits per heavy atom. The highest BCUT2D eigenvalue weighted by molar-refractivity contribution is 7.92. The molecule has 0 aliphatic carbocycles. The molecule has 1 heterocycles. The summed E-state index contributed by atoms with van der Waals surface area (Å²) in [4.78, 5) is 14.5. The smallest absolute Gasteiger partial charge is 0.254 e. The van der Waals surface area contributed by atoms with Crippen LogP contribution in [0.15, 0.2) is 48.5 Å². The molecule has 1 N–H and O–H groups in total. The zero-order chi connectivity index (χ0) is 18.6. The van der Waals surface area contributed by atoms with Gasteiger partial charge in [-0.25, -0.2) is 8.42 Å². The number of hydrogen-bond donors (Lipinski definition) is 1. The average Bonchev–Trinajstić information content (AvgIpc) is 2.65. The monoisotopic (exact) mass is 372 g/mol. The molecule has 2 aromatic rings.